The third-order valence-corrected chi connectivity index (χ3v) is 6.14. The molecule has 10 heteroatoms. The molecule has 2 aliphatic heterocycles. The Kier molecular flexibility index (Phi) is 11.6. The van der Waals surface area contributed by atoms with Crippen LogP contribution in [0.1, 0.15) is 35.2 Å². The molecule has 1 aromatic rings. The fourth-order valence-electron chi connectivity index (χ4n) is 4.30. The Morgan fingerprint density at radius 2 is 1.75 bits per heavy atom. The zero-order chi connectivity index (χ0) is 25.8. The van der Waals surface area contributed by atoms with Crippen LogP contribution in [-0.2, 0) is 33.2 Å². The molecule has 200 valence electrons. The SMILES string of the molecule is CCOC1OC(C(=O)N2CCOCC2)=CC(c2ccc(C(=O)OC)cc2)C1CCOCCOCCO. The van der Waals surface area contributed by atoms with E-state index in [0.717, 1.165) is 5.56 Å². The van der Waals surface area contributed by atoms with E-state index in [2.05, 4.69) is 0 Å². The summed E-state index contributed by atoms with van der Waals surface area (Å²) in [4.78, 5) is 26.9. The molecule has 1 saturated heterocycles. The fourth-order valence-corrected chi connectivity index (χ4v) is 4.30. The number of hydrogen-bond acceptors (Lipinski definition) is 9. The summed E-state index contributed by atoms with van der Waals surface area (Å²) in [5.74, 6) is -0.667. The molecule has 36 heavy (non-hydrogen) atoms. The molecule has 0 bridgehead atoms. The van der Waals surface area contributed by atoms with Gasteiger partial charge < -0.3 is 38.4 Å². The molecule has 2 aliphatic rings. The highest BCUT2D eigenvalue weighted by molar-refractivity contribution is 5.92. The number of ether oxygens (including phenoxy) is 6. The monoisotopic (exact) mass is 507 g/mol. The van der Waals surface area contributed by atoms with Gasteiger partial charge in [-0.3, -0.25) is 4.79 Å². The van der Waals surface area contributed by atoms with Gasteiger partial charge in [-0.25, -0.2) is 4.79 Å². The average molecular weight is 508 g/mol. The number of nitrogens with zero attached hydrogens (tertiary/aromatic N) is 1. The Balaban J connectivity index is 1.81. The molecule has 0 radical (unpaired) electrons. The summed E-state index contributed by atoms with van der Waals surface area (Å²) in [7, 11) is 1.35. The van der Waals surface area contributed by atoms with E-state index in [9.17, 15) is 9.59 Å². The smallest absolute Gasteiger partial charge is 0.337 e. The third-order valence-electron chi connectivity index (χ3n) is 6.14. The van der Waals surface area contributed by atoms with Crippen molar-refractivity contribution in [3.8, 4) is 0 Å². The van der Waals surface area contributed by atoms with Crippen molar-refractivity contribution in [3.63, 3.8) is 0 Å². The second-order valence-corrected chi connectivity index (χ2v) is 8.42. The highest BCUT2D eigenvalue weighted by Gasteiger charge is 2.39. The first-order valence-electron chi connectivity index (χ1n) is 12.4. The number of amides is 1. The molecule has 1 amide bonds. The number of allylic oxidation sites excluding steroid dienone is 1. The molecule has 0 spiro atoms. The first kappa shape index (κ1) is 28.1. The lowest BCUT2D eigenvalue weighted by Gasteiger charge is -2.38. The van der Waals surface area contributed by atoms with E-state index in [-0.39, 0.29) is 36.7 Å². The number of esters is 1. The van der Waals surface area contributed by atoms with Gasteiger partial charge in [0.2, 0.25) is 6.29 Å². The Morgan fingerprint density at radius 1 is 1.06 bits per heavy atom. The highest BCUT2D eigenvalue weighted by atomic mass is 16.7. The molecule has 3 atom stereocenters. The molecular formula is C26H37NO9. The lowest BCUT2D eigenvalue weighted by Crippen LogP contribution is -2.44. The summed E-state index contributed by atoms with van der Waals surface area (Å²) < 4.78 is 33.3. The lowest BCUT2D eigenvalue weighted by atomic mass is 9.81. The number of carbonyl (C=O) groups excluding carboxylic acids is 2. The van der Waals surface area contributed by atoms with E-state index < -0.39 is 12.3 Å². The van der Waals surface area contributed by atoms with Crippen LogP contribution < -0.4 is 0 Å². The van der Waals surface area contributed by atoms with E-state index in [1.807, 2.05) is 25.1 Å². The first-order valence-corrected chi connectivity index (χ1v) is 12.4. The molecule has 3 rings (SSSR count). The summed E-state index contributed by atoms with van der Waals surface area (Å²) in [5, 5.41) is 8.80. The number of benzene rings is 1. The molecule has 0 aliphatic carbocycles. The van der Waals surface area contributed by atoms with E-state index in [0.29, 0.717) is 64.7 Å². The number of morpholine rings is 1. The number of aliphatic hydroxyl groups is 1. The summed E-state index contributed by atoms with van der Waals surface area (Å²) >= 11 is 0. The Morgan fingerprint density at radius 3 is 2.39 bits per heavy atom. The van der Waals surface area contributed by atoms with Gasteiger partial charge in [0.15, 0.2) is 5.76 Å². The molecule has 10 nitrogen and oxygen atoms in total. The van der Waals surface area contributed by atoms with Crippen molar-refractivity contribution in [2.24, 2.45) is 5.92 Å². The lowest BCUT2D eigenvalue weighted by molar-refractivity contribution is -0.173. The van der Waals surface area contributed by atoms with Crippen LogP contribution in [0.25, 0.3) is 0 Å². The van der Waals surface area contributed by atoms with Gasteiger partial charge in [0, 0.05) is 38.1 Å². The molecule has 2 heterocycles. The van der Waals surface area contributed by atoms with E-state index in [4.69, 9.17) is 33.5 Å². The second kappa shape index (κ2) is 14.9. The van der Waals surface area contributed by atoms with Gasteiger partial charge in [-0.05, 0) is 37.1 Å². The highest BCUT2D eigenvalue weighted by Crippen LogP contribution is 2.39. The first-order chi connectivity index (χ1) is 17.6. The van der Waals surface area contributed by atoms with Crippen LogP contribution in [-0.4, -0.2) is 101 Å². The van der Waals surface area contributed by atoms with Crippen molar-refractivity contribution in [2.45, 2.75) is 25.6 Å². The van der Waals surface area contributed by atoms with Crippen molar-refractivity contribution in [2.75, 3.05) is 73.1 Å². The fraction of sp³-hybridized carbons (Fsp3) is 0.615. The summed E-state index contributed by atoms with van der Waals surface area (Å²) in [6.45, 7) is 5.81. The standard InChI is InChI=1S/C26H37NO9/c1-3-35-26-21(8-12-32-16-17-34-15-11-28)22(19-4-6-20(7-5-19)25(30)31-2)18-23(36-26)24(29)27-9-13-33-14-10-27/h4-7,18,21-22,26,28H,3,8-17H2,1-2H3. The van der Waals surface area contributed by atoms with Crippen molar-refractivity contribution < 1.29 is 43.1 Å². The van der Waals surface area contributed by atoms with E-state index >= 15 is 0 Å². The van der Waals surface area contributed by atoms with Crippen molar-refractivity contribution in [3.05, 3.63) is 47.2 Å². The second-order valence-electron chi connectivity index (χ2n) is 8.42. The number of hydrogen-bond donors (Lipinski definition) is 1. The number of carbonyl (C=O) groups is 2. The van der Waals surface area contributed by atoms with Crippen LogP contribution in [0.2, 0.25) is 0 Å². The third kappa shape index (κ3) is 7.75. The molecule has 1 N–H and O–H groups in total. The quantitative estimate of drug-likeness (QED) is 0.315. The number of rotatable bonds is 13. The summed E-state index contributed by atoms with van der Waals surface area (Å²) in [6, 6.07) is 7.18. The Labute approximate surface area is 212 Å². The van der Waals surface area contributed by atoms with Gasteiger partial charge in [0.05, 0.1) is 52.3 Å². The van der Waals surface area contributed by atoms with Crippen LogP contribution in [0.3, 0.4) is 0 Å². The Bertz CT molecular complexity index is 851. The molecule has 1 fully saturated rings. The van der Waals surface area contributed by atoms with Crippen molar-refractivity contribution in [1.82, 2.24) is 4.90 Å². The maximum atomic E-state index is 13.3. The average Bonchev–Trinajstić information content (AvgIpc) is 2.92. The maximum absolute atomic E-state index is 13.3. The minimum absolute atomic E-state index is 0.0241. The van der Waals surface area contributed by atoms with Crippen LogP contribution in [0, 0.1) is 5.92 Å². The predicted molar refractivity (Wildman–Crippen MR) is 129 cm³/mol. The zero-order valence-corrected chi connectivity index (χ0v) is 21.1. The van der Waals surface area contributed by atoms with E-state index in [1.165, 1.54) is 7.11 Å². The Hall–Kier alpha value is -2.50. The van der Waals surface area contributed by atoms with Crippen LogP contribution in [0.4, 0.5) is 0 Å². The topological polar surface area (TPSA) is 113 Å². The largest absolute Gasteiger partial charge is 0.465 e. The normalized spacial score (nSPS) is 22.0. The number of methoxy groups -OCH3 is 1. The van der Waals surface area contributed by atoms with Crippen molar-refractivity contribution in [1.29, 1.82) is 0 Å². The minimum atomic E-state index is -0.639. The molecule has 0 saturated carbocycles. The molecular weight excluding hydrogens is 470 g/mol. The van der Waals surface area contributed by atoms with Gasteiger partial charge in [0.25, 0.3) is 5.91 Å². The van der Waals surface area contributed by atoms with Gasteiger partial charge >= 0.3 is 5.97 Å². The zero-order valence-electron chi connectivity index (χ0n) is 21.1. The molecule has 1 aromatic carbocycles. The van der Waals surface area contributed by atoms with E-state index in [1.54, 1.807) is 17.0 Å². The van der Waals surface area contributed by atoms with Gasteiger partial charge in [-0.1, -0.05) is 12.1 Å². The maximum Gasteiger partial charge on any atom is 0.337 e. The predicted octanol–water partition coefficient (Wildman–Crippen LogP) is 1.72. The van der Waals surface area contributed by atoms with Crippen LogP contribution in [0.15, 0.2) is 36.1 Å². The minimum Gasteiger partial charge on any atom is -0.465 e. The van der Waals surface area contributed by atoms with Crippen molar-refractivity contribution >= 4 is 11.9 Å². The summed E-state index contributed by atoms with van der Waals surface area (Å²) in [6.07, 6.45) is 1.83. The van der Waals surface area contributed by atoms with Gasteiger partial charge in [0.1, 0.15) is 0 Å². The van der Waals surface area contributed by atoms with Crippen LogP contribution in [0.5, 0.6) is 0 Å². The van der Waals surface area contributed by atoms with Gasteiger partial charge in [-0.2, -0.15) is 0 Å². The summed E-state index contributed by atoms with van der Waals surface area (Å²) in [5.41, 5.74) is 1.38. The van der Waals surface area contributed by atoms with Crippen LogP contribution >= 0.6 is 0 Å². The number of aliphatic hydroxyl groups excluding tert-OH is 1. The molecule has 0 aromatic heterocycles. The molecule has 3 unspecified atom stereocenters. The van der Waals surface area contributed by atoms with Gasteiger partial charge in [-0.15, -0.1) is 0 Å².